The number of nitrogens with zero attached hydrogens (tertiary/aromatic N) is 2. The fourth-order valence-corrected chi connectivity index (χ4v) is 3.52. The molecule has 0 aromatic heterocycles. The number of hydrogen-bond acceptors (Lipinski definition) is 4. The fraction of sp³-hybridized carbons (Fsp3) is 0.409. The standard InChI is InChI=1S/C22H29FN4O2/c1-24-22(26-14-16-5-4-6-19(23)11-16)25-8-10-27-9-7-17-12-20(28-2)21(29-3)13-18(17)15-27/h4-6,11-13H,7-10,14-15H2,1-3H3,(H2,24,25,26). The van der Waals surface area contributed by atoms with Crippen molar-refractivity contribution in [2.45, 2.75) is 19.5 Å². The third-order valence-electron chi connectivity index (χ3n) is 5.09. The summed E-state index contributed by atoms with van der Waals surface area (Å²) in [5, 5.41) is 6.54. The van der Waals surface area contributed by atoms with Crippen molar-refractivity contribution in [2.24, 2.45) is 4.99 Å². The minimum Gasteiger partial charge on any atom is -0.493 e. The van der Waals surface area contributed by atoms with E-state index in [2.05, 4.69) is 32.7 Å². The van der Waals surface area contributed by atoms with E-state index in [0.29, 0.717) is 12.5 Å². The van der Waals surface area contributed by atoms with Crippen LogP contribution < -0.4 is 20.1 Å². The number of hydrogen-bond donors (Lipinski definition) is 2. The average molecular weight is 400 g/mol. The first-order valence-electron chi connectivity index (χ1n) is 9.78. The molecule has 29 heavy (non-hydrogen) atoms. The maximum absolute atomic E-state index is 13.3. The van der Waals surface area contributed by atoms with Gasteiger partial charge in [0.05, 0.1) is 14.2 Å². The molecule has 2 aromatic carbocycles. The monoisotopic (exact) mass is 400 g/mol. The first-order chi connectivity index (χ1) is 14.1. The van der Waals surface area contributed by atoms with E-state index in [1.807, 2.05) is 6.07 Å². The highest BCUT2D eigenvalue weighted by Gasteiger charge is 2.19. The minimum absolute atomic E-state index is 0.230. The summed E-state index contributed by atoms with van der Waals surface area (Å²) in [5.41, 5.74) is 3.48. The minimum atomic E-state index is -0.230. The van der Waals surface area contributed by atoms with Crippen LogP contribution in [0.15, 0.2) is 41.4 Å². The van der Waals surface area contributed by atoms with Gasteiger partial charge in [0.15, 0.2) is 17.5 Å². The number of aliphatic imine (C=N–C) groups is 1. The normalized spacial score (nSPS) is 14.3. The molecule has 1 aliphatic rings. The number of ether oxygens (including phenoxy) is 2. The topological polar surface area (TPSA) is 58.1 Å². The van der Waals surface area contributed by atoms with Crippen LogP contribution in [0, 0.1) is 5.82 Å². The highest BCUT2D eigenvalue weighted by molar-refractivity contribution is 5.79. The molecule has 0 bridgehead atoms. The molecule has 3 rings (SSSR count). The molecule has 6 nitrogen and oxygen atoms in total. The summed E-state index contributed by atoms with van der Waals surface area (Å²) in [6.07, 6.45) is 0.988. The highest BCUT2D eigenvalue weighted by atomic mass is 19.1. The predicted molar refractivity (Wildman–Crippen MR) is 113 cm³/mol. The van der Waals surface area contributed by atoms with Crippen LogP contribution in [0.25, 0.3) is 0 Å². The summed E-state index contributed by atoms with van der Waals surface area (Å²) in [4.78, 5) is 6.64. The lowest BCUT2D eigenvalue weighted by Crippen LogP contribution is -2.42. The van der Waals surface area contributed by atoms with E-state index in [1.54, 1.807) is 27.3 Å². The number of rotatable bonds is 7. The Balaban J connectivity index is 1.48. The van der Waals surface area contributed by atoms with Crippen LogP contribution in [0.2, 0.25) is 0 Å². The average Bonchev–Trinajstić information content (AvgIpc) is 2.75. The van der Waals surface area contributed by atoms with Crippen molar-refractivity contribution in [3.8, 4) is 11.5 Å². The molecule has 0 saturated carbocycles. The van der Waals surface area contributed by atoms with Crippen LogP contribution in [0.5, 0.6) is 11.5 Å². The van der Waals surface area contributed by atoms with Crippen molar-refractivity contribution in [1.82, 2.24) is 15.5 Å². The Kier molecular flexibility index (Phi) is 7.30. The molecule has 2 aromatic rings. The molecule has 2 N–H and O–H groups in total. The van der Waals surface area contributed by atoms with Crippen LogP contribution in [0.1, 0.15) is 16.7 Å². The second-order valence-corrected chi connectivity index (χ2v) is 6.98. The lowest BCUT2D eigenvalue weighted by molar-refractivity contribution is 0.256. The molecule has 0 spiro atoms. The van der Waals surface area contributed by atoms with Crippen LogP contribution in [0.3, 0.4) is 0 Å². The van der Waals surface area contributed by atoms with Gasteiger partial charge in [-0.05, 0) is 47.4 Å². The van der Waals surface area contributed by atoms with E-state index in [9.17, 15) is 4.39 Å². The lowest BCUT2D eigenvalue weighted by atomic mass is 9.99. The number of methoxy groups -OCH3 is 2. The maximum Gasteiger partial charge on any atom is 0.191 e. The zero-order valence-electron chi connectivity index (χ0n) is 17.3. The third kappa shape index (κ3) is 5.60. The van der Waals surface area contributed by atoms with Crippen molar-refractivity contribution in [2.75, 3.05) is 40.9 Å². The van der Waals surface area contributed by atoms with E-state index >= 15 is 0 Å². The van der Waals surface area contributed by atoms with Crippen LogP contribution in [-0.2, 0) is 19.5 Å². The van der Waals surface area contributed by atoms with Gasteiger partial charge < -0.3 is 20.1 Å². The van der Waals surface area contributed by atoms with E-state index in [0.717, 1.165) is 49.7 Å². The second kappa shape index (κ2) is 10.1. The molecular weight excluding hydrogens is 371 g/mol. The molecule has 7 heteroatoms. The summed E-state index contributed by atoms with van der Waals surface area (Å²) >= 11 is 0. The van der Waals surface area contributed by atoms with Gasteiger partial charge in [-0.3, -0.25) is 9.89 Å². The lowest BCUT2D eigenvalue weighted by Gasteiger charge is -2.29. The summed E-state index contributed by atoms with van der Waals surface area (Å²) in [6, 6.07) is 10.7. The Morgan fingerprint density at radius 3 is 2.55 bits per heavy atom. The molecular formula is C22H29FN4O2. The van der Waals surface area contributed by atoms with Gasteiger partial charge in [0.25, 0.3) is 0 Å². The van der Waals surface area contributed by atoms with Crippen LogP contribution in [0.4, 0.5) is 4.39 Å². The Hall–Kier alpha value is -2.80. The van der Waals surface area contributed by atoms with Gasteiger partial charge in [-0.15, -0.1) is 0 Å². The van der Waals surface area contributed by atoms with E-state index in [4.69, 9.17) is 9.47 Å². The van der Waals surface area contributed by atoms with Crippen molar-refractivity contribution < 1.29 is 13.9 Å². The Bertz CT molecular complexity index is 857. The first kappa shape index (κ1) is 20.9. The van der Waals surface area contributed by atoms with Gasteiger partial charge in [-0.25, -0.2) is 4.39 Å². The van der Waals surface area contributed by atoms with E-state index in [1.165, 1.54) is 23.3 Å². The SMILES string of the molecule is CN=C(NCCN1CCc2cc(OC)c(OC)cc2C1)NCc1cccc(F)c1. The van der Waals surface area contributed by atoms with E-state index in [-0.39, 0.29) is 5.82 Å². The van der Waals surface area contributed by atoms with E-state index < -0.39 is 0 Å². The number of guanidine groups is 1. The quantitative estimate of drug-likeness (QED) is 0.553. The molecule has 0 aliphatic carbocycles. The van der Waals surface area contributed by atoms with Gasteiger partial charge in [-0.1, -0.05) is 12.1 Å². The van der Waals surface area contributed by atoms with Crippen molar-refractivity contribution in [1.29, 1.82) is 0 Å². The number of halogens is 1. The summed E-state index contributed by atoms with van der Waals surface area (Å²) in [7, 11) is 5.06. The second-order valence-electron chi connectivity index (χ2n) is 6.98. The van der Waals surface area contributed by atoms with Crippen molar-refractivity contribution in [3.05, 3.63) is 58.9 Å². The predicted octanol–water partition coefficient (Wildman–Crippen LogP) is 2.57. The first-order valence-corrected chi connectivity index (χ1v) is 9.78. The zero-order chi connectivity index (χ0) is 20.6. The Morgan fingerprint density at radius 1 is 1.10 bits per heavy atom. The maximum atomic E-state index is 13.3. The van der Waals surface area contributed by atoms with Gasteiger partial charge >= 0.3 is 0 Å². The molecule has 0 unspecified atom stereocenters. The molecule has 1 aliphatic heterocycles. The van der Waals surface area contributed by atoms with Gasteiger partial charge in [0, 0.05) is 39.8 Å². The molecule has 156 valence electrons. The van der Waals surface area contributed by atoms with Crippen molar-refractivity contribution in [3.63, 3.8) is 0 Å². The van der Waals surface area contributed by atoms with Gasteiger partial charge in [-0.2, -0.15) is 0 Å². The summed E-state index contributed by atoms with van der Waals surface area (Å²) in [6.45, 7) is 4.07. The van der Waals surface area contributed by atoms with Gasteiger partial charge in [0.1, 0.15) is 5.82 Å². The van der Waals surface area contributed by atoms with Crippen LogP contribution >= 0.6 is 0 Å². The number of nitrogens with one attached hydrogen (secondary N) is 2. The molecule has 0 amide bonds. The molecule has 0 radical (unpaired) electrons. The molecule has 0 atom stereocenters. The molecule has 0 fully saturated rings. The number of benzene rings is 2. The molecule has 0 saturated heterocycles. The van der Waals surface area contributed by atoms with Crippen LogP contribution in [-0.4, -0.2) is 51.8 Å². The highest BCUT2D eigenvalue weighted by Crippen LogP contribution is 2.33. The largest absolute Gasteiger partial charge is 0.493 e. The Morgan fingerprint density at radius 2 is 1.86 bits per heavy atom. The summed E-state index contributed by atoms with van der Waals surface area (Å²) in [5.74, 6) is 2.03. The van der Waals surface area contributed by atoms with Crippen molar-refractivity contribution >= 4 is 5.96 Å². The zero-order valence-corrected chi connectivity index (χ0v) is 17.3. The smallest absolute Gasteiger partial charge is 0.191 e. The van der Waals surface area contributed by atoms with Gasteiger partial charge in [0.2, 0.25) is 0 Å². The molecule has 1 heterocycles. The third-order valence-corrected chi connectivity index (χ3v) is 5.09. The fourth-order valence-electron chi connectivity index (χ4n) is 3.52. The number of fused-ring (bicyclic) bond motifs is 1. The Labute approximate surface area is 171 Å². The summed E-state index contributed by atoms with van der Waals surface area (Å²) < 4.78 is 24.1.